The maximum atomic E-state index is 13.2. The molecule has 0 amide bonds. The standard InChI is InChI=1S/C22H20N6O2S/c1-14(2)19-23-18(30-26-19)13-31-22-25-24-21-27(12-15-8-4-3-5-9-15)20(29)16-10-6-7-11-17(16)28(21)22/h3-11,14H,12-13H2,1-2H3. The Labute approximate surface area is 181 Å². The Hall–Kier alpha value is -3.46. The van der Waals surface area contributed by atoms with E-state index in [1.54, 1.807) is 4.57 Å². The van der Waals surface area contributed by atoms with Crippen molar-refractivity contribution in [3.63, 3.8) is 0 Å². The molecule has 3 aromatic heterocycles. The maximum Gasteiger partial charge on any atom is 0.263 e. The van der Waals surface area contributed by atoms with Gasteiger partial charge in [-0.15, -0.1) is 10.2 Å². The van der Waals surface area contributed by atoms with Gasteiger partial charge >= 0.3 is 0 Å². The van der Waals surface area contributed by atoms with E-state index in [0.717, 1.165) is 11.1 Å². The number of hydrogen-bond donors (Lipinski definition) is 0. The largest absolute Gasteiger partial charge is 0.338 e. The van der Waals surface area contributed by atoms with Crippen LogP contribution >= 0.6 is 11.8 Å². The highest BCUT2D eigenvalue weighted by Crippen LogP contribution is 2.25. The Morgan fingerprint density at radius 3 is 2.58 bits per heavy atom. The molecule has 0 aliphatic carbocycles. The van der Waals surface area contributed by atoms with Crippen molar-refractivity contribution in [3.05, 3.63) is 82.2 Å². The molecule has 0 bridgehead atoms. The van der Waals surface area contributed by atoms with Crippen molar-refractivity contribution in [2.45, 2.75) is 37.2 Å². The molecule has 0 aliphatic heterocycles. The zero-order valence-electron chi connectivity index (χ0n) is 17.1. The van der Waals surface area contributed by atoms with E-state index >= 15 is 0 Å². The Kier molecular flexibility index (Phi) is 5.03. The van der Waals surface area contributed by atoms with Gasteiger partial charge in [0.25, 0.3) is 5.56 Å². The van der Waals surface area contributed by atoms with E-state index < -0.39 is 0 Å². The fourth-order valence-electron chi connectivity index (χ4n) is 3.42. The number of fused-ring (bicyclic) bond motifs is 3. The molecule has 2 aromatic carbocycles. The lowest BCUT2D eigenvalue weighted by Gasteiger charge is -2.11. The molecule has 0 saturated heterocycles. The first-order valence-electron chi connectivity index (χ1n) is 9.97. The summed E-state index contributed by atoms with van der Waals surface area (Å²) in [6.07, 6.45) is 0. The first-order valence-corrected chi connectivity index (χ1v) is 11.0. The number of thioether (sulfide) groups is 1. The van der Waals surface area contributed by atoms with Gasteiger partial charge in [-0.1, -0.05) is 73.2 Å². The average Bonchev–Trinajstić information content (AvgIpc) is 3.43. The van der Waals surface area contributed by atoms with Crippen molar-refractivity contribution in [1.29, 1.82) is 0 Å². The first kappa shape index (κ1) is 19.5. The molecule has 31 heavy (non-hydrogen) atoms. The van der Waals surface area contributed by atoms with Gasteiger partial charge in [-0.3, -0.25) is 13.8 Å². The van der Waals surface area contributed by atoms with Gasteiger partial charge in [-0.05, 0) is 17.7 Å². The van der Waals surface area contributed by atoms with E-state index in [1.807, 2.05) is 72.8 Å². The van der Waals surface area contributed by atoms with Crippen LogP contribution < -0.4 is 5.56 Å². The van der Waals surface area contributed by atoms with E-state index in [4.69, 9.17) is 4.52 Å². The quantitative estimate of drug-likeness (QED) is 0.376. The SMILES string of the molecule is CC(C)c1noc(CSc2nnc3n(Cc4ccccc4)c(=O)c4ccccc4n23)n1. The monoisotopic (exact) mass is 432 g/mol. The maximum absolute atomic E-state index is 13.2. The second-order valence-electron chi connectivity index (χ2n) is 7.50. The predicted molar refractivity (Wildman–Crippen MR) is 118 cm³/mol. The molecule has 0 N–H and O–H groups in total. The zero-order chi connectivity index (χ0) is 21.4. The molecule has 0 fully saturated rings. The van der Waals surface area contributed by atoms with Gasteiger partial charge in [0.15, 0.2) is 11.0 Å². The molecule has 0 atom stereocenters. The summed E-state index contributed by atoms with van der Waals surface area (Å²) in [5, 5.41) is 14.0. The summed E-state index contributed by atoms with van der Waals surface area (Å²) in [4.78, 5) is 17.7. The van der Waals surface area contributed by atoms with Gasteiger partial charge in [0.05, 0.1) is 23.2 Å². The van der Waals surface area contributed by atoms with Crippen LogP contribution in [0, 0.1) is 0 Å². The van der Waals surface area contributed by atoms with Crippen molar-refractivity contribution in [2.75, 3.05) is 0 Å². The molecule has 5 aromatic rings. The molecule has 0 unspecified atom stereocenters. The molecular weight excluding hydrogens is 412 g/mol. The molecule has 3 heterocycles. The molecular formula is C22H20N6O2S. The van der Waals surface area contributed by atoms with E-state index in [1.165, 1.54) is 11.8 Å². The summed E-state index contributed by atoms with van der Waals surface area (Å²) in [5.41, 5.74) is 1.70. The third-order valence-electron chi connectivity index (χ3n) is 4.99. The third kappa shape index (κ3) is 3.61. The van der Waals surface area contributed by atoms with Gasteiger partial charge in [-0.2, -0.15) is 4.98 Å². The van der Waals surface area contributed by atoms with E-state index in [2.05, 4.69) is 20.3 Å². The van der Waals surface area contributed by atoms with Crippen molar-refractivity contribution in [3.8, 4) is 0 Å². The van der Waals surface area contributed by atoms with Gasteiger partial charge in [0.2, 0.25) is 11.7 Å². The predicted octanol–water partition coefficient (Wildman–Crippen LogP) is 3.89. The topological polar surface area (TPSA) is 91.1 Å². The Balaban J connectivity index is 1.59. The molecule has 0 radical (unpaired) electrons. The number of rotatable bonds is 6. The molecule has 8 nitrogen and oxygen atoms in total. The normalized spacial score (nSPS) is 11.7. The van der Waals surface area contributed by atoms with Crippen LogP contribution in [0.4, 0.5) is 0 Å². The van der Waals surface area contributed by atoms with Crippen LogP contribution in [0.2, 0.25) is 0 Å². The Morgan fingerprint density at radius 1 is 1.03 bits per heavy atom. The summed E-state index contributed by atoms with van der Waals surface area (Å²) in [6.45, 7) is 4.45. The van der Waals surface area contributed by atoms with Crippen LogP contribution in [0.1, 0.15) is 37.0 Å². The lowest BCUT2D eigenvalue weighted by atomic mass is 10.2. The van der Waals surface area contributed by atoms with Gasteiger partial charge in [0.1, 0.15) is 0 Å². The van der Waals surface area contributed by atoms with Crippen LogP contribution in [-0.4, -0.2) is 29.3 Å². The minimum atomic E-state index is -0.0885. The van der Waals surface area contributed by atoms with Crippen molar-refractivity contribution < 1.29 is 4.52 Å². The molecule has 0 saturated carbocycles. The van der Waals surface area contributed by atoms with E-state index in [9.17, 15) is 4.79 Å². The minimum Gasteiger partial charge on any atom is -0.338 e. The second kappa shape index (κ2) is 7.99. The zero-order valence-corrected chi connectivity index (χ0v) is 17.9. The molecule has 0 aliphatic rings. The first-order chi connectivity index (χ1) is 15.1. The molecule has 0 spiro atoms. The summed E-state index contributed by atoms with van der Waals surface area (Å²) < 4.78 is 8.94. The number of hydrogen-bond acceptors (Lipinski definition) is 7. The minimum absolute atomic E-state index is 0.0885. The summed E-state index contributed by atoms with van der Waals surface area (Å²) >= 11 is 1.45. The number of benzene rings is 2. The fourth-order valence-corrected chi connectivity index (χ4v) is 4.20. The summed E-state index contributed by atoms with van der Waals surface area (Å²) in [7, 11) is 0. The van der Waals surface area contributed by atoms with E-state index in [0.29, 0.717) is 40.3 Å². The van der Waals surface area contributed by atoms with Crippen LogP contribution in [0.5, 0.6) is 0 Å². The Morgan fingerprint density at radius 2 is 1.81 bits per heavy atom. The summed E-state index contributed by atoms with van der Waals surface area (Å²) in [6, 6.07) is 17.4. The van der Waals surface area contributed by atoms with Crippen LogP contribution in [0.15, 0.2) is 69.1 Å². The highest BCUT2D eigenvalue weighted by molar-refractivity contribution is 7.98. The Bertz CT molecular complexity index is 1420. The van der Waals surface area contributed by atoms with Crippen molar-refractivity contribution in [2.24, 2.45) is 0 Å². The van der Waals surface area contributed by atoms with Gasteiger partial charge in [-0.25, -0.2) is 0 Å². The smallest absolute Gasteiger partial charge is 0.263 e. The number of nitrogens with zero attached hydrogens (tertiary/aromatic N) is 6. The third-order valence-corrected chi connectivity index (χ3v) is 5.90. The number of para-hydroxylation sites is 1. The highest BCUT2D eigenvalue weighted by Gasteiger charge is 2.18. The van der Waals surface area contributed by atoms with Crippen LogP contribution in [0.3, 0.4) is 0 Å². The lowest BCUT2D eigenvalue weighted by molar-refractivity contribution is 0.383. The average molecular weight is 433 g/mol. The van der Waals surface area contributed by atoms with Gasteiger partial charge < -0.3 is 4.52 Å². The van der Waals surface area contributed by atoms with Gasteiger partial charge in [0, 0.05) is 5.92 Å². The van der Waals surface area contributed by atoms with Crippen LogP contribution in [0.25, 0.3) is 16.7 Å². The highest BCUT2D eigenvalue weighted by atomic mass is 32.2. The van der Waals surface area contributed by atoms with E-state index in [-0.39, 0.29) is 11.5 Å². The molecule has 5 rings (SSSR count). The van der Waals surface area contributed by atoms with Crippen LogP contribution in [-0.2, 0) is 12.3 Å². The summed E-state index contributed by atoms with van der Waals surface area (Å²) in [5.74, 6) is 2.39. The fraction of sp³-hybridized carbons (Fsp3) is 0.227. The molecule has 156 valence electrons. The second-order valence-corrected chi connectivity index (χ2v) is 8.44. The molecule has 9 heteroatoms. The number of aromatic nitrogens is 6. The van der Waals surface area contributed by atoms with Crippen molar-refractivity contribution in [1.82, 2.24) is 29.3 Å². The lowest BCUT2D eigenvalue weighted by Crippen LogP contribution is -2.24. The van der Waals surface area contributed by atoms with Crippen molar-refractivity contribution >= 4 is 28.4 Å².